The Morgan fingerprint density at radius 2 is 0.891 bits per heavy atom. The Kier molecular flexibility index (Phi) is 7.44. The fourth-order valence-corrected chi connectivity index (χ4v) is 11.8. The number of hydrogen-bond donors (Lipinski definition) is 0. The second-order valence-corrected chi connectivity index (χ2v) is 17.6. The van der Waals surface area contributed by atoms with Gasteiger partial charge in [0, 0.05) is 44.3 Å². The molecule has 2 aromatic heterocycles. The van der Waals surface area contributed by atoms with E-state index in [1.807, 2.05) is 0 Å². The predicted molar refractivity (Wildman–Crippen MR) is 267 cm³/mol. The molecule has 0 radical (unpaired) electrons. The first-order valence-electron chi connectivity index (χ1n) is 22.5. The standard InChI is InChI=1S/C61H41N3/c1-4-19-40(20-5-1)41-21-18-26-44(35-41)64-56-32-15-11-28-46(56)50-37-48-47-36-49-45-27-10-14-31-55(45)62(42-22-6-2-7-23-42)59(49)38-53(47)61(54(48)39-60(50)64)51-29-12-16-33-57(51)63(43-24-8-3-9-25-43)58-34-17-13-30-52(58)61/h1-24,26-39,43H,25H2. The van der Waals surface area contributed by atoms with Crippen LogP contribution in [-0.2, 0) is 5.41 Å². The molecule has 3 heteroatoms. The monoisotopic (exact) mass is 815 g/mol. The summed E-state index contributed by atoms with van der Waals surface area (Å²) in [6.45, 7) is 0. The molecule has 2 aliphatic carbocycles. The average molecular weight is 816 g/mol. The van der Waals surface area contributed by atoms with Gasteiger partial charge in [-0.1, -0.05) is 158 Å². The molecule has 0 fully saturated rings. The molecule has 1 aliphatic heterocycles. The number of aromatic nitrogens is 2. The molecule has 11 aromatic rings. The van der Waals surface area contributed by atoms with Crippen LogP contribution in [0.4, 0.5) is 11.4 Å². The van der Waals surface area contributed by atoms with E-state index in [0.29, 0.717) is 0 Å². The number of para-hydroxylation sites is 5. The van der Waals surface area contributed by atoms with Gasteiger partial charge in [-0.3, -0.25) is 0 Å². The first-order valence-corrected chi connectivity index (χ1v) is 22.5. The van der Waals surface area contributed by atoms with Crippen molar-refractivity contribution in [2.75, 3.05) is 4.90 Å². The van der Waals surface area contributed by atoms with Gasteiger partial charge < -0.3 is 14.0 Å². The summed E-state index contributed by atoms with van der Waals surface area (Å²) in [6.07, 6.45) is 10.0. The highest BCUT2D eigenvalue weighted by Crippen LogP contribution is 2.64. The van der Waals surface area contributed by atoms with E-state index in [0.717, 1.165) is 17.8 Å². The molecule has 0 saturated carbocycles. The predicted octanol–water partition coefficient (Wildman–Crippen LogP) is 15.2. The summed E-state index contributed by atoms with van der Waals surface area (Å²) in [7, 11) is 0. The van der Waals surface area contributed by atoms with Crippen molar-refractivity contribution in [3.8, 4) is 33.6 Å². The van der Waals surface area contributed by atoms with Gasteiger partial charge in [0.2, 0.25) is 0 Å². The summed E-state index contributed by atoms with van der Waals surface area (Å²) < 4.78 is 4.99. The fraction of sp³-hybridized carbons (Fsp3) is 0.0492. The highest BCUT2D eigenvalue weighted by atomic mass is 15.2. The van der Waals surface area contributed by atoms with Crippen molar-refractivity contribution in [3.05, 3.63) is 253 Å². The molecule has 0 amide bonds. The molecular formula is C61H41N3. The Morgan fingerprint density at radius 3 is 1.50 bits per heavy atom. The molecule has 1 atom stereocenters. The van der Waals surface area contributed by atoms with E-state index in [1.54, 1.807) is 0 Å². The Hall–Kier alpha value is -8.14. The largest absolute Gasteiger partial charge is 0.334 e. The number of benzene rings is 9. The third kappa shape index (κ3) is 4.76. The lowest BCUT2D eigenvalue weighted by molar-refractivity contribution is 0.701. The van der Waals surface area contributed by atoms with Gasteiger partial charge in [-0.25, -0.2) is 0 Å². The molecule has 3 heterocycles. The van der Waals surface area contributed by atoms with Crippen molar-refractivity contribution in [2.45, 2.75) is 17.9 Å². The molecule has 64 heavy (non-hydrogen) atoms. The minimum Gasteiger partial charge on any atom is -0.334 e. The summed E-state index contributed by atoms with van der Waals surface area (Å²) >= 11 is 0. The van der Waals surface area contributed by atoms with Crippen molar-refractivity contribution < 1.29 is 0 Å². The van der Waals surface area contributed by atoms with Crippen LogP contribution in [0.25, 0.3) is 77.2 Å². The molecule has 0 saturated heterocycles. The minimum atomic E-state index is -0.629. The van der Waals surface area contributed by atoms with E-state index < -0.39 is 5.41 Å². The zero-order valence-corrected chi connectivity index (χ0v) is 35.1. The molecule has 1 spiro atoms. The minimum absolute atomic E-state index is 0.190. The summed E-state index contributed by atoms with van der Waals surface area (Å²) in [5.74, 6) is 0. The highest BCUT2D eigenvalue weighted by molar-refractivity contribution is 6.15. The SMILES string of the molecule is C1=CCC(N2c3ccccc3C3(c4cc5c(cc4-c4cc6c7ccccc7n(-c7cccc(-c8ccccc8)c7)c6cc43)c3ccccc3n5-c3ccccc3)c3ccccc32)C=C1. The first-order chi connectivity index (χ1) is 31.8. The zero-order valence-electron chi connectivity index (χ0n) is 35.1. The lowest BCUT2D eigenvalue weighted by Crippen LogP contribution is -2.41. The Labute approximate surface area is 371 Å². The van der Waals surface area contributed by atoms with Crippen molar-refractivity contribution in [2.24, 2.45) is 0 Å². The lowest BCUT2D eigenvalue weighted by atomic mass is 9.64. The average Bonchev–Trinajstić information content (AvgIpc) is 3.97. The number of allylic oxidation sites excluding steroid dienone is 2. The molecule has 9 aromatic carbocycles. The number of rotatable bonds is 4. The number of anilines is 2. The van der Waals surface area contributed by atoms with Crippen LogP contribution in [-0.4, -0.2) is 15.2 Å². The third-order valence-electron chi connectivity index (χ3n) is 14.4. The zero-order chi connectivity index (χ0) is 41.9. The summed E-state index contributed by atoms with van der Waals surface area (Å²) in [6, 6.07) is 77.5. The quantitative estimate of drug-likeness (QED) is 0.172. The van der Waals surface area contributed by atoms with Gasteiger partial charge in [-0.2, -0.15) is 0 Å². The van der Waals surface area contributed by atoms with Crippen LogP contribution in [0.2, 0.25) is 0 Å². The van der Waals surface area contributed by atoms with Gasteiger partial charge in [0.1, 0.15) is 0 Å². The second-order valence-electron chi connectivity index (χ2n) is 17.6. The van der Waals surface area contributed by atoms with Crippen LogP contribution in [0.15, 0.2) is 231 Å². The van der Waals surface area contributed by atoms with Crippen LogP contribution in [0, 0.1) is 0 Å². The molecule has 0 N–H and O–H groups in total. The van der Waals surface area contributed by atoms with E-state index in [4.69, 9.17) is 0 Å². The normalized spacial score (nSPS) is 15.6. The number of fused-ring (bicyclic) bond motifs is 15. The maximum atomic E-state index is 2.61. The molecule has 300 valence electrons. The van der Waals surface area contributed by atoms with Gasteiger partial charge in [-0.15, -0.1) is 0 Å². The highest BCUT2D eigenvalue weighted by Gasteiger charge is 2.52. The van der Waals surface area contributed by atoms with Gasteiger partial charge >= 0.3 is 0 Å². The second kappa shape index (κ2) is 13.4. The van der Waals surface area contributed by atoms with Crippen molar-refractivity contribution in [3.63, 3.8) is 0 Å². The maximum Gasteiger partial charge on any atom is 0.0755 e. The Bertz CT molecular complexity index is 3720. The van der Waals surface area contributed by atoms with Gasteiger partial charge in [0.15, 0.2) is 0 Å². The van der Waals surface area contributed by atoms with Crippen LogP contribution >= 0.6 is 0 Å². The van der Waals surface area contributed by atoms with Crippen LogP contribution in [0.1, 0.15) is 28.7 Å². The summed E-state index contributed by atoms with van der Waals surface area (Å²) in [4.78, 5) is 2.61. The number of nitrogens with zero attached hydrogens (tertiary/aromatic N) is 3. The van der Waals surface area contributed by atoms with E-state index in [9.17, 15) is 0 Å². The van der Waals surface area contributed by atoms with Crippen LogP contribution in [0.3, 0.4) is 0 Å². The third-order valence-corrected chi connectivity index (χ3v) is 14.4. The van der Waals surface area contributed by atoms with Crippen LogP contribution < -0.4 is 4.90 Å². The molecule has 0 bridgehead atoms. The smallest absolute Gasteiger partial charge is 0.0755 e. The Balaban J connectivity index is 1.14. The van der Waals surface area contributed by atoms with E-state index in [2.05, 4.69) is 245 Å². The fourth-order valence-electron chi connectivity index (χ4n) is 11.8. The van der Waals surface area contributed by atoms with Gasteiger partial charge in [-0.05, 0) is 124 Å². The maximum absolute atomic E-state index is 2.61. The molecule has 3 nitrogen and oxygen atoms in total. The molecule has 1 unspecified atom stereocenters. The number of hydrogen-bond acceptors (Lipinski definition) is 1. The molecule has 3 aliphatic rings. The van der Waals surface area contributed by atoms with Crippen molar-refractivity contribution >= 4 is 55.0 Å². The van der Waals surface area contributed by atoms with E-state index in [-0.39, 0.29) is 6.04 Å². The first kappa shape index (κ1) is 35.5. The summed E-state index contributed by atoms with van der Waals surface area (Å²) in [5, 5.41) is 5.03. The lowest BCUT2D eigenvalue weighted by Gasteiger charge is -2.47. The molecular weight excluding hydrogens is 775 g/mol. The topological polar surface area (TPSA) is 13.1 Å². The van der Waals surface area contributed by atoms with Crippen molar-refractivity contribution in [1.82, 2.24) is 9.13 Å². The van der Waals surface area contributed by atoms with E-state index in [1.165, 1.54) is 99.5 Å². The van der Waals surface area contributed by atoms with Gasteiger partial charge in [0.05, 0.1) is 33.5 Å². The Morgan fingerprint density at radius 1 is 0.375 bits per heavy atom. The molecule has 14 rings (SSSR count). The van der Waals surface area contributed by atoms with Gasteiger partial charge in [0.25, 0.3) is 0 Å². The van der Waals surface area contributed by atoms with Crippen LogP contribution in [0.5, 0.6) is 0 Å². The summed E-state index contributed by atoms with van der Waals surface area (Å²) in [5.41, 5.74) is 19.3. The van der Waals surface area contributed by atoms with E-state index >= 15 is 0 Å². The van der Waals surface area contributed by atoms with Crippen molar-refractivity contribution in [1.29, 1.82) is 0 Å².